The molecule has 0 aliphatic carbocycles. The van der Waals surface area contributed by atoms with Crippen LogP contribution in [0.15, 0.2) is 30.6 Å². The number of hydrogen-bond acceptors (Lipinski definition) is 9. The SMILES string of the molecule is Cc1c(-n2nccn2)sc2c1C(=O)N(C(C)(C)C(=O)NC(C)C)C(O)N2C[C@H](OC(C)C)c1cc(F)ccc1O. The summed E-state index contributed by atoms with van der Waals surface area (Å²) in [4.78, 5) is 31.4. The maximum Gasteiger partial charge on any atom is 0.261 e. The van der Waals surface area contributed by atoms with Crippen LogP contribution >= 0.6 is 11.3 Å². The second-order valence-electron chi connectivity index (χ2n) is 10.8. The average Bonchev–Trinajstić information content (AvgIpc) is 3.50. The molecule has 2 atom stereocenters. The number of nitrogens with zero attached hydrogens (tertiary/aromatic N) is 5. The Morgan fingerprint density at radius 2 is 1.85 bits per heavy atom. The maximum atomic E-state index is 14.3. The number of fused-ring (bicyclic) bond motifs is 1. The summed E-state index contributed by atoms with van der Waals surface area (Å²) in [6, 6.07) is 3.37. The molecule has 11 nitrogen and oxygen atoms in total. The number of ether oxygens (including phenoxy) is 1. The number of aliphatic hydroxyl groups excluding tert-OH is 1. The zero-order valence-corrected chi connectivity index (χ0v) is 24.4. The number of aromatic hydroxyl groups is 1. The molecule has 0 radical (unpaired) electrons. The molecule has 0 spiro atoms. The van der Waals surface area contributed by atoms with E-state index in [-0.39, 0.29) is 35.6 Å². The zero-order valence-electron chi connectivity index (χ0n) is 23.5. The Kier molecular flexibility index (Phi) is 8.20. The standard InChI is InChI=1S/C27H35FN6O5S/c1-14(2)31-25(37)27(6,7)33-22(36)21-16(5)23(34-29-10-11-30-34)40-24(21)32(26(33)38)13-20(39-15(3)4)18-12-17(28)8-9-19(18)35/h8-12,14-15,20,26,35,38H,13H2,1-7H3,(H,31,37)/t20-,26?/m0/s1. The number of halogens is 1. The minimum atomic E-state index is -1.60. The van der Waals surface area contributed by atoms with Crippen LogP contribution in [0, 0.1) is 12.7 Å². The Bertz CT molecular complexity index is 1390. The van der Waals surface area contributed by atoms with Gasteiger partial charge in [-0.1, -0.05) is 11.3 Å². The van der Waals surface area contributed by atoms with Crippen LogP contribution in [0.3, 0.4) is 0 Å². The lowest BCUT2D eigenvalue weighted by Gasteiger charge is -2.48. The highest BCUT2D eigenvalue weighted by Gasteiger charge is 2.50. The smallest absolute Gasteiger partial charge is 0.261 e. The van der Waals surface area contributed by atoms with Crippen molar-refractivity contribution in [3.8, 4) is 10.8 Å². The summed E-state index contributed by atoms with van der Waals surface area (Å²) in [5, 5.41) is 34.6. The largest absolute Gasteiger partial charge is 0.508 e. The molecule has 3 N–H and O–H groups in total. The van der Waals surface area contributed by atoms with E-state index in [1.807, 2.05) is 0 Å². The van der Waals surface area contributed by atoms with Crippen LogP contribution < -0.4 is 10.2 Å². The van der Waals surface area contributed by atoms with E-state index >= 15 is 0 Å². The first-order valence-electron chi connectivity index (χ1n) is 13.0. The van der Waals surface area contributed by atoms with Gasteiger partial charge in [-0.2, -0.15) is 10.2 Å². The molecule has 1 unspecified atom stereocenters. The number of carbonyl (C=O) groups excluding carboxylic acids is 2. The van der Waals surface area contributed by atoms with Crippen molar-refractivity contribution in [1.29, 1.82) is 0 Å². The Hall–Kier alpha value is -3.55. The van der Waals surface area contributed by atoms with Crippen molar-refractivity contribution < 1.29 is 28.9 Å². The number of amides is 2. The molecule has 3 heterocycles. The summed E-state index contributed by atoms with van der Waals surface area (Å²) in [6.45, 7) is 12.0. The van der Waals surface area contributed by atoms with Gasteiger partial charge in [-0.15, -0.1) is 4.80 Å². The third-order valence-corrected chi connectivity index (χ3v) is 7.91. The monoisotopic (exact) mass is 574 g/mol. The number of carbonyl (C=O) groups is 2. The van der Waals surface area contributed by atoms with E-state index in [4.69, 9.17) is 4.74 Å². The van der Waals surface area contributed by atoms with E-state index in [9.17, 15) is 24.2 Å². The molecule has 3 aromatic rings. The summed E-state index contributed by atoms with van der Waals surface area (Å²) in [6.07, 6.45) is 0.191. The van der Waals surface area contributed by atoms with E-state index < -0.39 is 35.6 Å². The van der Waals surface area contributed by atoms with Gasteiger partial charge in [-0.05, 0) is 66.7 Å². The van der Waals surface area contributed by atoms with Crippen LogP contribution in [0.25, 0.3) is 5.00 Å². The van der Waals surface area contributed by atoms with Crippen LogP contribution in [-0.4, -0.2) is 72.5 Å². The van der Waals surface area contributed by atoms with Crippen LogP contribution in [0.5, 0.6) is 5.75 Å². The number of rotatable bonds is 9. The molecule has 1 aliphatic heterocycles. The van der Waals surface area contributed by atoms with Gasteiger partial charge in [0.2, 0.25) is 12.3 Å². The third kappa shape index (κ3) is 5.40. The average molecular weight is 575 g/mol. The normalized spacial score (nSPS) is 16.6. The maximum absolute atomic E-state index is 14.3. The number of phenols is 1. The van der Waals surface area contributed by atoms with Crippen LogP contribution in [-0.2, 0) is 9.53 Å². The Morgan fingerprint density at radius 3 is 2.45 bits per heavy atom. The summed E-state index contributed by atoms with van der Waals surface area (Å²) in [7, 11) is 0. The minimum absolute atomic E-state index is 0.0824. The summed E-state index contributed by atoms with van der Waals surface area (Å²) in [5.41, 5.74) is -0.437. The molecular weight excluding hydrogens is 539 g/mol. The fourth-order valence-corrected chi connectivity index (χ4v) is 5.94. The molecule has 2 amide bonds. The van der Waals surface area contributed by atoms with Crippen molar-refractivity contribution in [2.45, 2.75) is 78.6 Å². The first kappa shape index (κ1) is 29.4. The van der Waals surface area contributed by atoms with Gasteiger partial charge in [0.1, 0.15) is 33.2 Å². The molecule has 2 aromatic heterocycles. The topological polar surface area (TPSA) is 133 Å². The van der Waals surface area contributed by atoms with Gasteiger partial charge in [0.25, 0.3) is 5.91 Å². The molecule has 13 heteroatoms. The van der Waals surface area contributed by atoms with Crippen molar-refractivity contribution in [3.05, 3.63) is 53.1 Å². The van der Waals surface area contributed by atoms with E-state index in [0.29, 0.717) is 15.6 Å². The third-order valence-electron chi connectivity index (χ3n) is 6.62. The molecule has 0 saturated heterocycles. The van der Waals surface area contributed by atoms with Gasteiger partial charge >= 0.3 is 0 Å². The van der Waals surface area contributed by atoms with Gasteiger partial charge in [0.15, 0.2) is 0 Å². The van der Waals surface area contributed by atoms with E-state index in [2.05, 4.69) is 15.5 Å². The molecule has 4 rings (SSSR count). The second kappa shape index (κ2) is 11.1. The number of benzene rings is 1. The Morgan fingerprint density at radius 1 is 1.20 bits per heavy atom. The lowest BCUT2D eigenvalue weighted by molar-refractivity contribution is -0.137. The number of aliphatic hydroxyl groups is 1. The van der Waals surface area contributed by atoms with Gasteiger partial charge in [0, 0.05) is 17.2 Å². The fourth-order valence-electron chi connectivity index (χ4n) is 4.69. The fraction of sp³-hybridized carbons (Fsp3) is 0.481. The van der Waals surface area contributed by atoms with Crippen LogP contribution in [0.4, 0.5) is 9.39 Å². The van der Waals surface area contributed by atoms with Crippen molar-refractivity contribution in [1.82, 2.24) is 25.2 Å². The number of nitrogens with one attached hydrogen (secondary N) is 1. The van der Waals surface area contributed by atoms with Gasteiger partial charge in [-0.25, -0.2) is 4.39 Å². The Balaban J connectivity index is 1.88. The lowest BCUT2D eigenvalue weighted by Crippen LogP contribution is -2.67. The summed E-state index contributed by atoms with van der Waals surface area (Å²) < 4.78 is 20.4. The first-order valence-corrected chi connectivity index (χ1v) is 13.8. The summed E-state index contributed by atoms with van der Waals surface area (Å²) >= 11 is 1.19. The molecule has 1 aromatic carbocycles. The predicted octanol–water partition coefficient (Wildman–Crippen LogP) is 3.49. The number of phenolic OH excluding ortho intramolecular Hbond substituents is 1. The van der Waals surface area contributed by atoms with Gasteiger partial charge in [-0.3, -0.25) is 14.5 Å². The molecule has 0 bridgehead atoms. The summed E-state index contributed by atoms with van der Waals surface area (Å²) in [5.74, 6) is -1.72. The van der Waals surface area contributed by atoms with Crippen molar-refractivity contribution in [2.24, 2.45) is 0 Å². The number of thiophene rings is 1. The first-order chi connectivity index (χ1) is 18.7. The Labute approximate surface area is 236 Å². The van der Waals surface area contributed by atoms with Crippen molar-refractivity contribution in [2.75, 3.05) is 11.4 Å². The lowest BCUT2D eigenvalue weighted by atomic mass is 9.97. The highest BCUT2D eigenvalue weighted by Crippen LogP contribution is 2.45. The van der Waals surface area contributed by atoms with E-state index in [1.165, 1.54) is 45.6 Å². The number of aromatic nitrogens is 3. The van der Waals surface area contributed by atoms with E-state index in [1.54, 1.807) is 48.5 Å². The zero-order chi connectivity index (χ0) is 29.5. The highest BCUT2D eigenvalue weighted by molar-refractivity contribution is 7.19. The van der Waals surface area contributed by atoms with Crippen molar-refractivity contribution in [3.63, 3.8) is 0 Å². The second-order valence-corrected chi connectivity index (χ2v) is 11.7. The molecule has 1 aliphatic rings. The van der Waals surface area contributed by atoms with Crippen LogP contribution in [0.2, 0.25) is 0 Å². The molecule has 216 valence electrons. The highest BCUT2D eigenvalue weighted by atomic mass is 32.1. The molecule has 0 saturated carbocycles. The number of anilines is 1. The van der Waals surface area contributed by atoms with Crippen molar-refractivity contribution >= 4 is 28.2 Å². The van der Waals surface area contributed by atoms with E-state index in [0.717, 1.165) is 11.0 Å². The predicted molar refractivity (Wildman–Crippen MR) is 148 cm³/mol. The number of hydrogen-bond donors (Lipinski definition) is 3. The quantitative estimate of drug-likeness (QED) is 0.354. The molecular formula is C27H35FN6O5S. The molecule has 40 heavy (non-hydrogen) atoms. The van der Waals surface area contributed by atoms with Gasteiger partial charge < -0.3 is 25.2 Å². The minimum Gasteiger partial charge on any atom is -0.508 e. The van der Waals surface area contributed by atoms with Crippen LogP contribution in [0.1, 0.15) is 69.1 Å². The molecule has 0 fully saturated rings. The van der Waals surface area contributed by atoms with Gasteiger partial charge in [0.05, 0.1) is 30.6 Å².